The van der Waals surface area contributed by atoms with E-state index in [-0.39, 0.29) is 18.1 Å². The van der Waals surface area contributed by atoms with E-state index in [2.05, 4.69) is 64.3 Å². The number of nitrogens with one attached hydrogen (secondary N) is 1. The Bertz CT molecular complexity index is 1240. The van der Waals surface area contributed by atoms with E-state index in [1.54, 1.807) is 23.1 Å². The van der Waals surface area contributed by atoms with Gasteiger partial charge >= 0.3 is 0 Å². The largest absolute Gasteiger partial charge is 0.471 e. The van der Waals surface area contributed by atoms with E-state index in [9.17, 15) is 4.79 Å². The van der Waals surface area contributed by atoms with Gasteiger partial charge in [-0.05, 0) is 62.8 Å². The first-order chi connectivity index (χ1) is 15.8. The van der Waals surface area contributed by atoms with Crippen LogP contribution in [0, 0.1) is 0 Å². The molecule has 0 radical (unpaired) electrons. The summed E-state index contributed by atoms with van der Waals surface area (Å²) in [6.45, 7) is 7.35. The molecular weight excluding hydrogens is 482 g/mol. The van der Waals surface area contributed by atoms with Crippen molar-refractivity contribution in [1.29, 1.82) is 0 Å². The van der Waals surface area contributed by atoms with Crippen molar-refractivity contribution in [3.63, 3.8) is 0 Å². The molecule has 4 rings (SSSR count). The van der Waals surface area contributed by atoms with Crippen LogP contribution in [0.2, 0.25) is 0 Å². The molecule has 33 heavy (non-hydrogen) atoms. The minimum atomic E-state index is -0.276. The molecule has 1 amide bonds. The van der Waals surface area contributed by atoms with Gasteiger partial charge < -0.3 is 10.1 Å². The van der Waals surface area contributed by atoms with Crippen molar-refractivity contribution >= 4 is 27.5 Å². The van der Waals surface area contributed by atoms with E-state index >= 15 is 0 Å². The molecule has 4 aromatic rings. The summed E-state index contributed by atoms with van der Waals surface area (Å²) in [6, 6.07) is 17.4. The average molecular weight is 508 g/mol. The first kappa shape index (κ1) is 22.8. The van der Waals surface area contributed by atoms with Crippen LogP contribution in [0.25, 0.3) is 0 Å². The second-order valence-electron chi connectivity index (χ2n) is 8.80. The van der Waals surface area contributed by atoms with E-state index in [0.29, 0.717) is 17.9 Å². The van der Waals surface area contributed by atoms with Crippen LogP contribution in [-0.2, 0) is 18.7 Å². The zero-order valence-corrected chi connectivity index (χ0v) is 20.4. The normalized spacial score (nSPS) is 11.4. The lowest BCUT2D eigenvalue weighted by Crippen LogP contribution is -2.14. The Kier molecular flexibility index (Phi) is 6.65. The molecule has 0 atom stereocenters. The lowest BCUT2D eigenvalue weighted by molar-refractivity contribution is 0.102. The highest BCUT2D eigenvalue weighted by molar-refractivity contribution is 9.10. The summed E-state index contributed by atoms with van der Waals surface area (Å²) in [7, 11) is 0. The molecule has 2 aromatic carbocycles. The second kappa shape index (κ2) is 9.62. The maximum atomic E-state index is 12.7. The molecule has 0 saturated heterocycles. The van der Waals surface area contributed by atoms with Gasteiger partial charge in [0.25, 0.3) is 5.91 Å². The lowest BCUT2D eigenvalue weighted by atomic mass is 9.87. The number of hydrogen-bond donors (Lipinski definition) is 1. The summed E-state index contributed by atoms with van der Waals surface area (Å²) in [6.07, 6.45) is 5.37. The Morgan fingerprint density at radius 3 is 2.58 bits per heavy atom. The monoisotopic (exact) mass is 507 g/mol. The molecule has 0 fully saturated rings. The van der Waals surface area contributed by atoms with Gasteiger partial charge in [0.1, 0.15) is 5.75 Å². The van der Waals surface area contributed by atoms with Crippen LogP contribution >= 0.6 is 15.9 Å². The van der Waals surface area contributed by atoms with Gasteiger partial charge in [0.05, 0.1) is 17.2 Å². The number of anilines is 1. The highest BCUT2D eigenvalue weighted by atomic mass is 79.9. The van der Waals surface area contributed by atoms with Crippen molar-refractivity contribution in [1.82, 2.24) is 19.6 Å². The third-order valence-corrected chi connectivity index (χ3v) is 5.50. The predicted octanol–water partition coefficient (Wildman–Crippen LogP) is 5.48. The van der Waals surface area contributed by atoms with Crippen LogP contribution in [0.5, 0.6) is 5.75 Å². The van der Waals surface area contributed by atoms with Crippen LogP contribution in [0.1, 0.15) is 42.4 Å². The SMILES string of the molecule is CC(C)(C)c1ccc(OCn2ccc(C(=O)Nc3cccc(Cn4cc(Br)cn4)c3)n2)cc1. The zero-order chi connectivity index (χ0) is 23.4. The summed E-state index contributed by atoms with van der Waals surface area (Å²) in [5.41, 5.74) is 3.39. The first-order valence-corrected chi connectivity index (χ1v) is 11.4. The van der Waals surface area contributed by atoms with Crippen LogP contribution in [0.4, 0.5) is 5.69 Å². The smallest absolute Gasteiger partial charge is 0.276 e. The van der Waals surface area contributed by atoms with Crippen molar-refractivity contribution in [3.8, 4) is 5.75 Å². The third-order valence-electron chi connectivity index (χ3n) is 5.09. The maximum absolute atomic E-state index is 12.7. The summed E-state index contributed by atoms with van der Waals surface area (Å²) in [5, 5.41) is 11.5. The van der Waals surface area contributed by atoms with Gasteiger partial charge in [-0.1, -0.05) is 45.0 Å². The van der Waals surface area contributed by atoms with Crippen molar-refractivity contribution < 1.29 is 9.53 Å². The Balaban J connectivity index is 1.34. The fourth-order valence-electron chi connectivity index (χ4n) is 3.30. The number of rotatable bonds is 7. The minimum absolute atomic E-state index is 0.0958. The zero-order valence-electron chi connectivity index (χ0n) is 18.8. The molecule has 2 heterocycles. The molecule has 2 aromatic heterocycles. The molecule has 0 aliphatic rings. The van der Waals surface area contributed by atoms with Crippen LogP contribution in [0.15, 0.2) is 77.7 Å². The quantitative estimate of drug-likeness (QED) is 0.359. The number of nitrogens with zero attached hydrogens (tertiary/aromatic N) is 4. The number of aromatic nitrogens is 4. The first-order valence-electron chi connectivity index (χ1n) is 10.6. The van der Waals surface area contributed by atoms with E-state index in [1.165, 1.54) is 5.56 Å². The summed E-state index contributed by atoms with van der Waals surface area (Å²) < 4.78 is 10.1. The maximum Gasteiger partial charge on any atom is 0.276 e. The topological polar surface area (TPSA) is 74.0 Å². The Morgan fingerprint density at radius 2 is 1.88 bits per heavy atom. The fourth-order valence-corrected chi connectivity index (χ4v) is 3.63. The van der Waals surface area contributed by atoms with Gasteiger partial charge in [0.15, 0.2) is 12.4 Å². The van der Waals surface area contributed by atoms with Crippen LogP contribution in [0.3, 0.4) is 0 Å². The van der Waals surface area contributed by atoms with E-state index in [0.717, 1.165) is 15.8 Å². The van der Waals surface area contributed by atoms with Crippen LogP contribution in [-0.4, -0.2) is 25.5 Å². The Morgan fingerprint density at radius 1 is 1.09 bits per heavy atom. The molecule has 0 aliphatic heterocycles. The number of benzene rings is 2. The second-order valence-corrected chi connectivity index (χ2v) is 9.71. The van der Waals surface area contributed by atoms with Gasteiger partial charge in [-0.15, -0.1) is 0 Å². The lowest BCUT2D eigenvalue weighted by Gasteiger charge is -2.19. The molecule has 7 nitrogen and oxygen atoms in total. The van der Waals surface area contributed by atoms with Crippen LogP contribution < -0.4 is 10.1 Å². The number of amides is 1. The summed E-state index contributed by atoms with van der Waals surface area (Å²) in [5.74, 6) is 0.479. The highest BCUT2D eigenvalue weighted by Gasteiger charge is 2.13. The molecule has 0 spiro atoms. The van der Waals surface area contributed by atoms with E-state index in [1.807, 2.05) is 47.3 Å². The molecule has 1 N–H and O–H groups in total. The van der Waals surface area contributed by atoms with E-state index < -0.39 is 0 Å². The van der Waals surface area contributed by atoms with Crippen molar-refractivity contribution in [3.05, 3.63) is 94.5 Å². The Hall–Kier alpha value is -3.39. The van der Waals surface area contributed by atoms with Crippen molar-refractivity contribution in [2.75, 3.05) is 5.32 Å². The van der Waals surface area contributed by atoms with Gasteiger partial charge in [-0.3, -0.25) is 9.48 Å². The number of carbonyl (C=O) groups excluding carboxylic acids is 1. The standard InChI is InChI=1S/C25H26BrN5O2/c1-25(2,3)19-7-9-22(10-8-19)33-17-30-12-11-23(29-30)24(32)28-21-6-4-5-18(13-21)15-31-16-20(26)14-27-31/h4-14,16H,15,17H2,1-3H3,(H,28,32). The molecule has 0 unspecified atom stereocenters. The fraction of sp³-hybridized carbons (Fsp3) is 0.240. The van der Waals surface area contributed by atoms with Crippen molar-refractivity contribution in [2.45, 2.75) is 39.5 Å². The summed E-state index contributed by atoms with van der Waals surface area (Å²) >= 11 is 3.40. The van der Waals surface area contributed by atoms with Crippen molar-refractivity contribution in [2.24, 2.45) is 0 Å². The molecule has 0 saturated carbocycles. The van der Waals surface area contributed by atoms with E-state index in [4.69, 9.17) is 4.74 Å². The molecule has 8 heteroatoms. The number of halogens is 1. The minimum Gasteiger partial charge on any atom is -0.471 e. The van der Waals surface area contributed by atoms with Gasteiger partial charge in [-0.2, -0.15) is 10.2 Å². The molecule has 0 bridgehead atoms. The average Bonchev–Trinajstić information content (AvgIpc) is 3.41. The number of ether oxygens (including phenoxy) is 1. The molecular formula is C25H26BrN5O2. The highest BCUT2D eigenvalue weighted by Crippen LogP contribution is 2.24. The summed E-state index contributed by atoms with van der Waals surface area (Å²) in [4.78, 5) is 12.7. The molecule has 170 valence electrons. The number of hydrogen-bond acceptors (Lipinski definition) is 4. The Labute approximate surface area is 201 Å². The van der Waals surface area contributed by atoms with Gasteiger partial charge in [0.2, 0.25) is 0 Å². The number of carbonyl (C=O) groups is 1. The van der Waals surface area contributed by atoms with Gasteiger partial charge in [0, 0.05) is 18.1 Å². The third kappa shape index (κ3) is 6.10. The van der Waals surface area contributed by atoms with Gasteiger partial charge in [-0.25, -0.2) is 4.68 Å². The molecule has 0 aliphatic carbocycles. The predicted molar refractivity (Wildman–Crippen MR) is 131 cm³/mol.